The van der Waals surface area contributed by atoms with Gasteiger partial charge in [-0.25, -0.2) is 8.42 Å². The van der Waals surface area contributed by atoms with Gasteiger partial charge in [-0.1, -0.05) is 19.4 Å². The van der Waals surface area contributed by atoms with Gasteiger partial charge in [0.05, 0.1) is 22.2 Å². The Morgan fingerprint density at radius 2 is 1.79 bits per heavy atom. The fourth-order valence-corrected chi connectivity index (χ4v) is 5.07. The van der Waals surface area contributed by atoms with Gasteiger partial charge < -0.3 is 10.6 Å². The molecule has 11 heteroatoms. The number of alkyl halides is 3. The van der Waals surface area contributed by atoms with Crippen LogP contribution in [0.1, 0.15) is 50.2 Å². The smallest absolute Gasteiger partial charge is 0.382 e. The van der Waals surface area contributed by atoms with E-state index in [1.165, 1.54) is 51.0 Å². The zero-order chi connectivity index (χ0) is 24.2. The quantitative estimate of drug-likeness (QED) is 0.649. The third-order valence-electron chi connectivity index (χ3n) is 5.72. The van der Waals surface area contributed by atoms with Gasteiger partial charge in [-0.15, -0.1) is 10.2 Å². The molecule has 2 heterocycles. The zero-order valence-corrected chi connectivity index (χ0v) is 19.6. The molecule has 2 fully saturated rings. The van der Waals surface area contributed by atoms with Crippen molar-refractivity contribution in [1.82, 2.24) is 15.1 Å². The van der Waals surface area contributed by atoms with E-state index in [4.69, 9.17) is 5.73 Å². The summed E-state index contributed by atoms with van der Waals surface area (Å²) in [6.07, 6.45) is 0.687. The number of nitrogen functional groups attached to an aromatic ring is 1. The molecule has 2 aromatic rings. The second-order valence-corrected chi connectivity index (χ2v) is 10.4. The maximum atomic E-state index is 13.0. The van der Waals surface area contributed by atoms with E-state index in [0.29, 0.717) is 18.4 Å². The summed E-state index contributed by atoms with van der Waals surface area (Å²) in [6, 6.07) is 4.34. The topological polar surface area (TPSA) is 101 Å². The number of anilines is 2. The second-order valence-electron chi connectivity index (χ2n) is 8.40. The van der Waals surface area contributed by atoms with Crippen LogP contribution in [-0.4, -0.2) is 48.4 Å². The van der Waals surface area contributed by atoms with Crippen LogP contribution in [0.2, 0.25) is 0 Å². The fourth-order valence-electron chi connectivity index (χ4n) is 3.67. The summed E-state index contributed by atoms with van der Waals surface area (Å²) in [4.78, 5) is 2.52. The lowest BCUT2D eigenvalue weighted by Crippen LogP contribution is -2.29. The van der Waals surface area contributed by atoms with Crippen LogP contribution in [0.25, 0.3) is 11.3 Å². The summed E-state index contributed by atoms with van der Waals surface area (Å²) in [5.41, 5.74) is 5.45. The van der Waals surface area contributed by atoms with Crippen LogP contribution < -0.4 is 10.5 Å². The first-order valence-corrected chi connectivity index (χ1v) is 12.6. The summed E-state index contributed by atoms with van der Waals surface area (Å²) in [5.74, 6) is 0.160. The Labute approximate surface area is 192 Å². The van der Waals surface area contributed by atoms with E-state index in [2.05, 4.69) is 26.7 Å². The molecule has 0 unspecified atom stereocenters. The van der Waals surface area contributed by atoms with Gasteiger partial charge in [-0.3, -0.25) is 4.72 Å². The molecular formula is C22H30F3N5O2S. The lowest BCUT2D eigenvalue weighted by molar-refractivity contribution is -0.137. The number of rotatable bonds is 5. The Morgan fingerprint density at radius 3 is 2.30 bits per heavy atom. The number of sulfonamides is 1. The first kappa shape index (κ1) is 25.2. The van der Waals surface area contributed by atoms with Gasteiger partial charge >= 0.3 is 6.18 Å². The number of nitrogens with one attached hydrogen (secondary N) is 1. The maximum Gasteiger partial charge on any atom is 0.416 e. The average Bonchev–Trinajstić information content (AvgIpc) is 3.61. The molecule has 0 bridgehead atoms. The second kappa shape index (κ2) is 10.3. The molecule has 2 aliphatic rings. The predicted molar refractivity (Wildman–Crippen MR) is 123 cm³/mol. The number of benzene rings is 1. The number of nitrogens with zero attached hydrogens (tertiary/aromatic N) is 3. The van der Waals surface area contributed by atoms with E-state index in [-0.39, 0.29) is 22.8 Å². The monoisotopic (exact) mass is 485 g/mol. The van der Waals surface area contributed by atoms with Crippen molar-refractivity contribution in [2.45, 2.75) is 57.4 Å². The highest BCUT2D eigenvalue weighted by molar-refractivity contribution is 7.93. The molecule has 1 aromatic carbocycles. The minimum absolute atomic E-state index is 0.160. The molecule has 182 valence electrons. The SMILES string of the molecule is CCN1CCCCC1.Cc1cc(N)nnc1-c1ccc(C(F)(F)F)cc1NS(=O)(=O)C1CC1. The summed E-state index contributed by atoms with van der Waals surface area (Å²) < 4.78 is 65.7. The number of piperidine rings is 1. The summed E-state index contributed by atoms with van der Waals surface area (Å²) in [5, 5.41) is 7.03. The van der Waals surface area contributed by atoms with Crippen molar-refractivity contribution < 1.29 is 21.6 Å². The first-order chi connectivity index (χ1) is 15.5. The lowest BCUT2D eigenvalue weighted by Gasteiger charge is -2.24. The lowest BCUT2D eigenvalue weighted by atomic mass is 10.0. The Morgan fingerprint density at radius 1 is 1.12 bits per heavy atom. The van der Waals surface area contributed by atoms with Crippen molar-refractivity contribution in [3.05, 3.63) is 35.4 Å². The molecule has 1 aromatic heterocycles. The number of aromatic nitrogens is 2. The molecule has 33 heavy (non-hydrogen) atoms. The van der Waals surface area contributed by atoms with Gasteiger partial charge in [0.15, 0.2) is 0 Å². The minimum Gasteiger partial charge on any atom is -0.382 e. The maximum absolute atomic E-state index is 13.0. The van der Waals surface area contributed by atoms with Gasteiger partial charge in [0, 0.05) is 5.56 Å². The summed E-state index contributed by atoms with van der Waals surface area (Å²) in [7, 11) is -3.74. The van der Waals surface area contributed by atoms with Crippen LogP contribution in [0.15, 0.2) is 24.3 Å². The van der Waals surface area contributed by atoms with Gasteiger partial charge in [0.25, 0.3) is 0 Å². The highest BCUT2D eigenvalue weighted by atomic mass is 32.2. The number of nitrogens with two attached hydrogens (primary N) is 1. The third kappa shape index (κ3) is 6.80. The van der Waals surface area contributed by atoms with Crippen LogP contribution in [-0.2, 0) is 16.2 Å². The molecule has 3 N–H and O–H groups in total. The molecule has 1 aliphatic heterocycles. The van der Waals surface area contributed by atoms with Crippen molar-refractivity contribution >= 4 is 21.5 Å². The molecular weight excluding hydrogens is 455 g/mol. The molecule has 4 rings (SSSR count). The molecule has 1 saturated heterocycles. The fraction of sp³-hybridized carbons (Fsp3) is 0.545. The van der Waals surface area contributed by atoms with E-state index < -0.39 is 27.0 Å². The molecule has 0 radical (unpaired) electrons. The van der Waals surface area contributed by atoms with Crippen molar-refractivity contribution in [3.8, 4) is 11.3 Å². The Bertz CT molecular complexity index is 1070. The number of hydrogen-bond donors (Lipinski definition) is 2. The van der Waals surface area contributed by atoms with E-state index in [1.54, 1.807) is 6.92 Å². The normalized spacial score (nSPS) is 17.2. The van der Waals surface area contributed by atoms with Crippen LogP contribution in [0.4, 0.5) is 24.7 Å². The van der Waals surface area contributed by atoms with Crippen molar-refractivity contribution in [2.24, 2.45) is 0 Å². The standard InChI is InChI=1S/C15H15F3N4O2S.C7H15N/c1-8-6-13(19)20-21-14(8)11-5-2-9(15(16,17)18)7-12(11)22-25(23,24)10-3-4-10;1-2-8-6-4-3-5-7-8/h2,5-7,10,22H,3-4H2,1H3,(H2,19,20);2-7H2,1H3. The number of aryl methyl sites for hydroxylation is 1. The van der Waals surface area contributed by atoms with E-state index in [9.17, 15) is 21.6 Å². The van der Waals surface area contributed by atoms with Crippen LogP contribution >= 0.6 is 0 Å². The van der Waals surface area contributed by atoms with Gasteiger partial charge in [0.1, 0.15) is 5.82 Å². The molecule has 7 nitrogen and oxygen atoms in total. The van der Waals surface area contributed by atoms with Gasteiger partial charge in [-0.05, 0) is 76.0 Å². The highest BCUT2D eigenvalue weighted by Crippen LogP contribution is 2.38. The molecule has 1 saturated carbocycles. The summed E-state index contributed by atoms with van der Waals surface area (Å²) >= 11 is 0. The highest BCUT2D eigenvalue weighted by Gasteiger charge is 2.37. The Balaban J connectivity index is 0.000000323. The Hall–Kier alpha value is -2.40. The average molecular weight is 486 g/mol. The van der Waals surface area contributed by atoms with Crippen molar-refractivity contribution in [1.29, 1.82) is 0 Å². The minimum atomic E-state index is -4.60. The first-order valence-electron chi connectivity index (χ1n) is 11.1. The van der Waals surface area contributed by atoms with E-state index in [1.807, 2.05) is 0 Å². The molecule has 0 spiro atoms. The summed E-state index contributed by atoms with van der Waals surface area (Å²) in [6.45, 7) is 7.84. The van der Waals surface area contributed by atoms with E-state index >= 15 is 0 Å². The number of likely N-dealkylation sites (tertiary alicyclic amines) is 1. The molecule has 0 amide bonds. The zero-order valence-electron chi connectivity index (χ0n) is 18.8. The predicted octanol–water partition coefficient (Wildman–Crippen LogP) is 4.45. The number of hydrogen-bond acceptors (Lipinski definition) is 6. The van der Waals surface area contributed by atoms with E-state index in [0.717, 1.165) is 12.1 Å². The van der Waals surface area contributed by atoms with Crippen LogP contribution in [0.5, 0.6) is 0 Å². The third-order valence-corrected chi connectivity index (χ3v) is 7.57. The Kier molecular flexibility index (Phi) is 7.84. The molecule has 1 aliphatic carbocycles. The molecule has 0 atom stereocenters. The van der Waals surface area contributed by atoms with Crippen LogP contribution in [0, 0.1) is 6.92 Å². The van der Waals surface area contributed by atoms with Crippen molar-refractivity contribution in [3.63, 3.8) is 0 Å². The number of halogens is 3. The van der Waals surface area contributed by atoms with Crippen molar-refractivity contribution in [2.75, 3.05) is 30.1 Å². The van der Waals surface area contributed by atoms with Gasteiger partial charge in [0.2, 0.25) is 10.0 Å². The van der Waals surface area contributed by atoms with Crippen LogP contribution in [0.3, 0.4) is 0 Å². The largest absolute Gasteiger partial charge is 0.416 e. The van der Waals surface area contributed by atoms with Gasteiger partial charge in [-0.2, -0.15) is 13.2 Å².